The van der Waals surface area contributed by atoms with E-state index in [2.05, 4.69) is 0 Å². The van der Waals surface area contributed by atoms with E-state index in [0.29, 0.717) is 26.1 Å². The highest BCUT2D eigenvalue weighted by atomic mass is 31.2. The fourth-order valence-corrected chi connectivity index (χ4v) is 3.70. The third-order valence-corrected chi connectivity index (χ3v) is 4.71. The largest absolute Gasteiger partial charge is 0.334 e. The van der Waals surface area contributed by atoms with Gasteiger partial charge >= 0.3 is 7.60 Å². The van der Waals surface area contributed by atoms with Crippen molar-refractivity contribution in [1.29, 1.82) is 0 Å². The summed E-state index contributed by atoms with van der Waals surface area (Å²) in [4.78, 5) is 11.4. The van der Waals surface area contributed by atoms with E-state index in [4.69, 9.17) is 9.05 Å². The summed E-state index contributed by atoms with van der Waals surface area (Å²) in [5, 5.41) is 0. The monoisotopic (exact) mass is 246 g/mol. The van der Waals surface area contributed by atoms with Crippen LogP contribution in [0.25, 0.3) is 0 Å². The maximum atomic E-state index is 12.2. The summed E-state index contributed by atoms with van der Waals surface area (Å²) in [5.41, 5.74) is 1.66. The summed E-state index contributed by atoms with van der Waals surface area (Å²) >= 11 is 0. The molecule has 0 saturated carbocycles. The van der Waals surface area contributed by atoms with Crippen molar-refractivity contribution in [2.45, 2.75) is 33.6 Å². The van der Waals surface area contributed by atoms with Gasteiger partial charge in [0.05, 0.1) is 19.4 Å². The zero-order valence-corrected chi connectivity index (χ0v) is 11.0. The Labute approximate surface area is 96.5 Å². The predicted molar refractivity (Wildman–Crippen MR) is 62.7 cm³/mol. The maximum absolute atomic E-state index is 12.2. The number of rotatable bonds is 6. The van der Waals surface area contributed by atoms with Crippen molar-refractivity contribution in [2.24, 2.45) is 0 Å². The van der Waals surface area contributed by atoms with Crippen LogP contribution in [0, 0.1) is 0 Å². The van der Waals surface area contributed by atoms with E-state index in [1.807, 2.05) is 0 Å². The Hall–Kier alpha value is -0.440. The van der Waals surface area contributed by atoms with Crippen LogP contribution in [0.1, 0.15) is 33.6 Å². The topological polar surface area (TPSA) is 52.6 Å². The van der Waals surface area contributed by atoms with Crippen LogP contribution in [0.5, 0.6) is 0 Å². The summed E-state index contributed by atoms with van der Waals surface area (Å²) in [7, 11) is -3.04. The van der Waals surface area contributed by atoms with Gasteiger partial charge in [0.25, 0.3) is 0 Å². The van der Waals surface area contributed by atoms with Gasteiger partial charge in [-0.05, 0) is 32.8 Å². The average molecular weight is 246 g/mol. The Morgan fingerprint density at radius 1 is 1.19 bits per heavy atom. The van der Waals surface area contributed by atoms with Crippen molar-refractivity contribution in [3.05, 3.63) is 11.1 Å². The van der Waals surface area contributed by atoms with E-state index in [1.54, 1.807) is 20.8 Å². The molecule has 0 atom stereocenters. The van der Waals surface area contributed by atoms with Crippen molar-refractivity contribution in [2.75, 3.05) is 19.4 Å². The fourth-order valence-electron chi connectivity index (χ4n) is 1.79. The third kappa shape index (κ3) is 3.27. The summed E-state index contributed by atoms with van der Waals surface area (Å²) in [6, 6.07) is 0. The molecule has 0 aromatic heterocycles. The Kier molecular flexibility index (Phi) is 4.90. The summed E-state index contributed by atoms with van der Waals surface area (Å²) in [5.74, 6) is 0.148. The minimum Gasteiger partial charge on any atom is -0.309 e. The molecule has 0 bridgehead atoms. The number of carbonyl (C=O) groups is 1. The second-order valence-electron chi connectivity index (χ2n) is 3.76. The van der Waals surface area contributed by atoms with Gasteiger partial charge in [-0.15, -0.1) is 0 Å². The maximum Gasteiger partial charge on any atom is 0.334 e. The normalized spacial score (nSPS) is 17.3. The molecule has 0 spiro atoms. The van der Waals surface area contributed by atoms with Crippen molar-refractivity contribution >= 4 is 13.4 Å². The van der Waals surface area contributed by atoms with Gasteiger partial charge in [-0.2, -0.15) is 0 Å². The van der Waals surface area contributed by atoms with Gasteiger partial charge in [0.1, 0.15) is 0 Å². The van der Waals surface area contributed by atoms with Crippen LogP contribution in [-0.2, 0) is 18.4 Å². The van der Waals surface area contributed by atoms with Crippen molar-refractivity contribution in [3.8, 4) is 0 Å². The first kappa shape index (κ1) is 13.6. The number of allylic oxidation sites excluding steroid dienone is 2. The van der Waals surface area contributed by atoms with Crippen LogP contribution in [0.3, 0.4) is 0 Å². The van der Waals surface area contributed by atoms with E-state index >= 15 is 0 Å². The van der Waals surface area contributed by atoms with Gasteiger partial charge in [0.2, 0.25) is 0 Å². The lowest BCUT2D eigenvalue weighted by molar-refractivity contribution is -0.114. The number of hydrogen-bond acceptors (Lipinski definition) is 4. The molecule has 1 rings (SSSR count). The van der Waals surface area contributed by atoms with Gasteiger partial charge in [-0.3, -0.25) is 9.36 Å². The molecular formula is C11H19O4P. The molecule has 0 heterocycles. The van der Waals surface area contributed by atoms with Crippen LogP contribution in [-0.4, -0.2) is 25.2 Å². The highest BCUT2D eigenvalue weighted by Gasteiger charge is 2.29. The summed E-state index contributed by atoms with van der Waals surface area (Å²) < 4.78 is 22.6. The molecule has 0 amide bonds. The first-order valence-corrected chi connectivity index (χ1v) is 7.35. The second-order valence-corrected chi connectivity index (χ2v) is 5.81. The number of ketones is 1. The van der Waals surface area contributed by atoms with Crippen molar-refractivity contribution in [1.82, 2.24) is 0 Å². The minimum atomic E-state index is -3.04. The second kappa shape index (κ2) is 5.76. The van der Waals surface area contributed by atoms with Gasteiger partial charge < -0.3 is 9.05 Å². The van der Waals surface area contributed by atoms with Crippen LogP contribution in [0.4, 0.5) is 0 Å². The molecule has 0 aromatic rings. The quantitative estimate of drug-likeness (QED) is 0.676. The highest BCUT2D eigenvalue weighted by Crippen LogP contribution is 2.51. The minimum absolute atomic E-state index is 0.148. The molecule has 0 saturated heterocycles. The highest BCUT2D eigenvalue weighted by molar-refractivity contribution is 7.54. The molecule has 0 radical (unpaired) electrons. The Morgan fingerprint density at radius 3 is 2.12 bits per heavy atom. The van der Waals surface area contributed by atoms with Gasteiger partial charge in [0, 0.05) is 6.42 Å². The average Bonchev–Trinajstić information content (AvgIpc) is 2.50. The van der Waals surface area contributed by atoms with Gasteiger partial charge in [-0.1, -0.05) is 5.57 Å². The van der Waals surface area contributed by atoms with Crippen molar-refractivity contribution in [3.63, 3.8) is 0 Å². The van der Waals surface area contributed by atoms with Gasteiger partial charge in [-0.25, -0.2) is 0 Å². The molecule has 0 aliphatic heterocycles. The SMILES string of the molecule is CCOP(=O)(CC1=C(C)C(=O)CC1)OCC. The van der Waals surface area contributed by atoms with E-state index in [1.165, 1.54) is 0 Å². The molecular weight excluding hydrogens is 227 g/mol. The lowest BCUT2D eigenvalue weighted by atomic mass is 10.2. The van der Waals surface area contributed by atoms with E-state index in [0.717, 1.165) is 11.1 Å². The molecule has 1 aliphatic carbocycles. The molecule has 1 aliphatic rings. The molecule has 92 valence electrons. The zero-order chi connectivity index (χ0) is 12.2. The smallest absolute Gasteiger partial charge is 0.309 e. The number of carbonyl (C=O) groups excluding carboxylic acids is 1. The first-order valence-electron chi connectivity index (χ1n) is 5.62. The molecule has 0 unspecified atom stereocenters. The van der Waals surface area contributed by atoms with Crippen molar-refractivity contribution < 1.29 is 18.4 Å². The standard InChI is InChI=1S/C11H19O4P/c1-4-14-16(13,15-5-2)8-10-6-7-11(12)9(10)3/h4-8H2,1-3H3. The predicted octanol–water partition coefficient (Wildman–Crippen LogP) is 2.93. The number of hydrogen-bond donors (Lipinski definition) is 0. The van der Waals surface area contributed by atoms with Crippen LogP contribution in [0.2, 0.25) is 0 Å². The molecule has 16 heavy (non-hydrogen) atoms. The summed E-state index contributed by atoms with van der Waals surface area (Å²) in [6.07, 6.45) is 1.47. The molecule has 4 nitrogen and oxygen atoms in total. The zero-order valence-electron chi connectivity index (χ0n) is 10.1. The van der Waals surface area contributed by atoms with E-state index < -0.39 is 7.60 Å². The fraction of sp³-hybridized carbons (Fsp3) is 0.727. The molecule has 0 aromatic carbocycles. The molecule has 0 N–H and O–H groups in total. The van der Waals surface area contributed by atoms with Gasteiger partial charge in [0.15, 0.2) is 5.78 Å². The number of Topliss-reactive ketones (excluding diaryl/α,β-unsaturated/α-hetero) is 1. The Balaban J connectivity index is 2.76. The first-order chi connectivity index (χ1) is 7.52. The Bertz CT molecular complexity index is 336. The Morgan fingerprint density at radius 2 is 1.75 bits per heavy atom. The summed E-state index contributed by atoms with van der Waals surface area (Å²) in [6.45, 7) is 6.07. The third-order valence-electron chi connectivity index (χ3n) is 2.64. The van der Waals surface area contributed by atoms with Crippen LogP contribution < -0.4 is 0 Å². The molecule has 5 heteroatoms. The van der Waals surface area contributed by atoms with Crippen LogP contribution in [0.15, 0.2) is 11.1 Å². The van der Waals surface area contributed by atoms with E-state index in [-0.39, 0.29) is 11.9 Å². The lowest BCUT2D eigenvalue weighted by Gasteiger charge is -2.17. The lowest BCUT2D eigenvalue weighted by Crippen LogP contribution is -2.02. The van der Waals surface area contributed by atoms with E-state index in [9.17, 15) is 9.36 Å². The molecule has 0 fully saturated rings. The van der Waals surface area contributed by atoms with Crippen LogP contribution >= 0.6 is 7.60 Å².